The maximum Gasteiger partial charge on any atom is 0.198 e. The second-order valence-electron chi connectivity index (χ2n) is 21.9. The Balaban J connectivity index is 1.22. The topological polar surface area (TPSA) is 30.1 Å². The van der Waals surface area contributed by atoms with Gasteiger partial charge in [-0.2, -0.15) is 0 Å². The van der Waals surface area contributed by atoms with Gasteiger partial charge >= 0.3 is 0 Å². The van der Waals surface area contributed by atoms with Crippen molar-refractivity contribution in [2.24, 2.45) is 0 Å². The van der Waals surface area contributed by atoms with E-state index in [0.29, 0.717) is 0 Å². The van der Waals surface area contributed by atoms with E-state index in [1.54, 1.807) is 0 Å². The van der Waals surface area contributed by atoms with E-state index in [1.807, 2.05) is 11.3 Å². The van der Waals surface area contributed by atoms with Crippen LogP contribution in [0, 0.1) is 0 Å². The molecule has 1 aliphatic heterocycles. The van der Waals surface area contributed by atoms with Gasteiger partial charge in [0, 0.05) is 59.3 Å². The number of para-hydroxylation sites is 1. The molecular formula is C62H55BN2OS. The van der Waals surface area contributed by atoms with E-state index in [0.717, 1.165) is 35.2 Å². The molecule has 0 fully saturated rings. The first kappa shape index (κ1) is 41.6. The van der Waals surface area contributed by atoms with Gasteiger partial charge in [0.15, 0.2) is 7.28 Å². The van der Waals surface area contributed by atoms with E-state index in [-0.39, 0.29) is 16.2 Å². The van der Waals surface area contributed by atoms with Gasteiger partial charge in [0.1, 0.15) is 11.2 Å². The second kappa shape index (κ2) is 14.8. The van der Waals surface area contributed by atoms with E-state index in [2.05, 4.69) is 230 Å². The fourth-order valence-corrected chi connectivity index (χ4v) is 11.9. The SMILES string of the molecule is CC(C)(C)c1ccc(Nc2ccc(C(C)(C)C)cc2-c2c3c4c(c5cc(C(C)(C)C)ccc5n4-c4cc5c(-c6ccccc6)c(-c6ccccc6)sc5cc4B3)c3oc4ccccc4c23)cc1. The lowest BCUT2D eigenvalue weighted by atomic mass is 9.58. The highest BCUT2D eigenvalue weighted by Gasteiger charge is 2.34. The average molecular weight is 887 g/mol. The highest BCUT2D eigenvalue weighted by atomic mass is 32.1. The van der Waals surface area contributed by atoms with Crippen molar-refractivity contribution in [2.45, 2.75) is 78.6 Å². The highest BCUT2D eigenvalue weighted by Crippen LogP contribution is 2.50. The Labute approximate surface area is 398 Å². The molecule has 4 heterocycles. The number of fused-ring (bicyclic) bond motifs is 10. The summed E-state index contributed by atoms with van der Waals surface area (Å²) in [7, 11) is 0.772. The number of hydrogen-bond acceptors (Lipinski definition) is 3. The van der Waals surface area contributed by atoms with Gasteiger partial charge in [-0.3, -0.25) is 0 Å². The summed E-state index contributed by atoms with van der Waals surface area (Å²) in [5, 5.41) is 9.98. The number of anilines is 2. The third-order valence-corrected chi connectivity index (χ3v) is 15.5. The van der Waals surface area contributed by atoms with Crippen LogP contribution in [0.3, 0.4) is 0 Å². The molecule has 67 heavy (non-hydrogen) atoms. The zero-order valence-electron chi connectivity index (χ0n) is 40.0. The summed E-state index contributed by atoms with van der Waals surface area (Å²) in [6, 6.07) is 58.9. The molecule has 8 aromatic carbocycles. The van der Waals surface area contributed by atoms with Crippen molar-refractivity contribution in [2.75, 3.05) is 5.32 Å². The molecule has 0 bridgehead atoms. The molecule has 328 valence electrons. The minimum absolute atomic E-state index is 0.0449. The predicted octanol–water partition coefficient (Wildman–Crippen LogP) is 16.2. The Kier molecular flexibility index (Phi) is 9.22. The summed E-state index contributed by atoms with van der Waals surface area (Å²) in [6.45, 7) is 20.7. The summed E-state index contributed by atoms with van der Waals surface area (Å²) in [5.41, 5.74) is 20.4. The maximum absolute atomic E-state index is 7.25. The van der Waals surface area contributed by atoms with Crippen molar-refractivity contribution < 1.29 is 4.42 Å². The van der Waals surface area contributed by atoms with Crippen molar-refractivity contribution in [3.8, 4) is 38.4 Å². The molecule has 11 aromatic rings. The molecule has 0 atom stereocenters. The van der Waals surface area contributed by atoms with E-state index in [4.69, 9.17) is 4.42 Å². The van der Waals surface area contributed by atoms with E-state index >= 15 is 0 Å². The number of nitrogens with one attached hydrogen (secondary N) is 1. The van der Waals surface area contributed by atoms with Crippen LogP contribution in [0.4, 0.5) is 11.4 Å². The van der Waals surface area contributed by atoms with Gasteiger partial charge in [0.05, 0.1) is 16.4 Å². The standard InChI is InChI=1S/C62H55BN2OS/c1-60(2,3)38-24-28-41(29-25-38)64-47-30-26-39(61(4,5)6)32-43(47)53-54-42-22-16-17-23-50(42)66-58(54)55-44-33-40(62(7,8)9)27-31-48(44)65-49-34-45-51(35-46(49)63-56(53)57(55)65)67-59(37-20-14-11-15-21-37)52(45)36-18-12-10-13-19-36/h10-35,63-64H,1-9H3. The van der Waals surface area contributed by atoms with Crippen LogP contribution in [-0.2, 0) is 16.2 Å². The molecule has 0 amide bonds. The van der Waals surface area contributed by atoms with Crippen molar-refractivity contribution in [1.29, 1.82) is 0 Å². The van der Waals surface area contributed by atoms with Crippen LogP contribution >= 0.6 is 11.3 Å². The average Bonchev–Trinajstić information content (AvgIpc) is 3.99. The lowest BCUT2D eigenvalue weighted by molar-refractivity contribution is 0.590. The number of benzene rings is 8. The summed E-state index contributed by atoms with van der Waals surface area (Å²) in [6.07, 6.45) is 0. The number of thiophene rings is 1. The van der Waals surface area contributed by atoms with Crippen molar-refractivity contribution in [3.63, 3.8) is 0 Å². The summed E-state index contributed by atoms with van der Waals surface area (Å²) in [4.78, 5) is 1.30. The van der Waals surface area contributed by atoms with Crippen LogP contribution in [0.5, 0.6) is 0 Å². The Morgan fingerprint density at radius 2 is 1.16 bits per heavy atom. The van der Waals surface area contributed by atoms with Crippen LogP contribution in [-0.4, -0.2) is 11.8 Å². The van der Waals surface area contributed by atoms with E-state index in [9.17, 15) is 0 Å². The van der Waals surface area contributed by atoms with E-state index in [1.165, 1.54) is 103 Å². The molecular weight excluding hydrogens is 832 g/mol. The first-order chi connectivity index (χ1) is 32.1. The van der Waals surface area contributed by atoms with Crippen LogP contribution in [0.15, 0.2) is 162 Å². The fraction of sp³-hybridized carbons (Fsp3) is 0.194. The smallest absolute Gasteiger partial charge is 0.198 e. The third kappa shape index (κ3) is 6.68. The van der Waals surface area contributed by atoms with Crippen molar-refractivity contribution in [3.05, 3.63) is 174 Å². The lowest BCUT2D eigenvalue weighted by Crippen LogP contribution is -2.37. The molecule has 0 radical (unpaired) electrons. The molecule has 0 spiro atoms. The lowest BCUT2D eigenvalue weighted by Gasteiger charge is -2.26. The van der Waals surface area contributed by atoms with Gasteiger partial charge in [0.2, 0.25) is 0 Å². The van der Waals surface area contributed by atoms with Crippen LogP contribution < -0.4 is 16.2 Å². The zero-order valence-corrected chi connectivity index (χ0v) is 40.8. The largest absolute Gasteiger partial charge is 0.455 e. The van der Waals surface area contributed by atoms with Gasteiger partial charge in [-0.15, -0.1) is 11.3 Å². The normalized spacial score (nSPS) is 13.0. The van der Waals surface area contributed by atoms with Gasteiger partial charge in [-0.05, 0) is 110 Å². The maximum atomic E-state index is 7.25. The summed E-state index contributed by atoms with van der Waals surface area (Å²) >= 11 is 1.91. The third-order valence-electron chi connectivity index (χ3n) is 14.3. The van der Waals surface area contributed by atoms with Gasteiger partial charge in [-0.25, -0.2) is 0 Å². The molecule has 0 aliphatic carbocycles. The molecule has 3 aromatic heterocycles. The molecule has 0 unspecified atom stereocenters. The van der Waals surface area contributed by atoms with Crippen LogP contribution in [0.1, 0.15) is 79.0 Å². The van der Waals surface area contributed by atoms with Crippen molar-refractivity contribution in [1.82, 2.24) is 4.57 Å². The van der Waals surface area contributed by atoms with Gasteiger partial charge in [0.25, 0.3) is 0 Å². The Morgan fingerprint density at radius 1 is 0.537 bits per heavy atom. The van der Waals surface area contributed by atoms with Crippen LogP contribution in [0.25, 0.3) is 92.2 Å². The van der Waals surface area contributed by atoms with Gasteiger partial charge in [-0.1, -0.05) is 171 Å². The summed E-state index contributed by atoms with van der Waals surface area (Å²) < 4.78 is 11.2. The quantitative estimate of drug-likeness (QED) is 0.175. The second-order valence-corrected chi connectivity index (χ2v) is 22.9. The molecule has 0 saturated heterocycles. The number of hydrogen-bond donors (Lipinski definition) is 1. The molecule has 12 rings (SSSR count). The number of nitrogens with zero attached hydrogens (tertiary/aromatic N) is 1. The zero-order chi connectivity index (χ0) is 46.1. The Bertz CT molecular complexity index is 3770. The monoisotopic (exact) mass is 886 g/mol. The van der Waals surface area contributed by atoms with E-state index < -0.39 is 0 Å². The fourth-order valence-electron chi connectivity index (χ4n) is 10.7. The van der Waals surface area contributed by atoms with Gasteiger partial charge < -0.3 is 14.3 Å². The molecule has 1 aliphatic rings. The van der Waals surface area contributed by atoms with Crippen molar-refractivity contribution >= 4 is 94.7 Å². The molecule has 3 nitrogen and oxygen atoms in total. The summed E-state index contributed by atoms with van der Waals surface area (Å²) in [5.74, 6) is 0. The number of furan rings is 1. The first-order valence-corrected chi connectivity index (χ1v) is 24.6. The molecule has 0 saturated carbocycles. The minimum Gasteiger partial charge on any atom is -0.455 e. The molecule has 1 N–H and O–H groups in total. The molecule has 5 heteroatoms. The Hall–Kier alpha value is -6.82. The van der Waals surface area contributed by atoms with Crippen LogP contribution in [0.2, 0.25) is 0 Å². The predicted molar refractivity (Wildman–Crippen MR) is 292 cm³/mol. The number of aromatic nitrogens is 1. The first-order valence-electron chi connectivity index (χ1n) is 23.8. The minimum atomic E-state index is -0.0803. The highest BCUT2D eigenvalue weighted by molar-refractivity contribution is 7.23. The number of rotatable bonds is 5. The Morgan fingerprint density at radius 3 is 1.87 bits per heavy atom.